The minimum Gasteiger partial charge on any atom is -0.404 e. The average molecular weight is 684 g/mol. The predicted molar refractivity (Wildman–Crippen MR) is 187 cm³/mol. The van der Waals surface area contributed by atoms with Crippen LogP contribution in [0.25, 0.3) is 0 Å². The molecule has 2 aromatic rings. The number of phosphoric ester groups is 1. The third-order valence-electron chi connectivity index (χ3n) is 10.9. The summed E-state index contributed by atoms with van der Waals surface area (Å²) in [7, 11) is -3.11. The monoisotopic (exact) mass is 683 g/mol. The molecule has 3 heterocycles. The van der Waals surface area contributed by atoms with Gasteiger partial charge in [-0.15, -0.1) is 0 Å². The molecule has 3 saturated heterocycles. The molecule has 1 saturated carbocycles. The molecule has 2 aromatic carbocycles. The Hall–Kier alpha value is -2.25. The SMILES string of the molecule is COC1(C#CC(O)(c2ccccc2)C2CCCCCCC2)C[N+]2(Cc3cc(C(O)CNC(C)(C)C)ccc3OP(=O)(O)O)CCC1CC2. The number of rotatable bonds is 10. The molecule has 10 heteroatoms. The first kappa shape index (κ1) is 37.0. The second-order valence-electron chi connectivity index (χ2n) is 15.5. The van der Waals surface area contributed by atoms with E-state index in [1.807, 2.05) is 57.2 Å². The van der Waals surface area contributed by atoms with Crippen LogP contribution >= 0.6 is 7.82 Å². The maximum atomic E-state index is 12.5. The zero-order chi connectivity index (χ0) is 34.6. The molecule has 6 rings (SSSR count). The molecule has 9 nitrogen and oxygen atoms in total. The van der Waals surface area contributed by atoms with Crippen molar-refractivity contribution in [3.8, 4) is 17.6 Å². The number of phosphoric acid groups is 1. The van der Waals surface area contributed by atoms with Gasteiger partial charge in [0.1, 0.15) is 18.8 Å². The van der Waals surface area contributed by atoms with E-state index in [-0.39, 0.29) is 23.1 Å². The van der Waals surface area contributed by atoms with Gasteiger partial charge in [-0.25, -0.2) is 4.57 Å². The van der Waals surface area contributed by atoms with Gasteiger partial charge < -0.3 is 29.3 Å². The van der Waals surface area contributed by atoms with Crippen molar-refractivity contribution in [2.45, 2.75) is 108 Å². The molecule has 5 N–H and O–H groups in total. The lowest BCUT2D eigenvalue weighted by atomic mass is 9.71. The molecular formula is C38H56N2O7P+. The van der Waals surface area contributed by atoms with Crippen molar-refractivity contribution in [1.29, 1.82) is 0 Å². The van der Waals surface area contributed by atoms with Gasteiger partial charge in [0.25, 0.3) is 0 Å². The maximum Gasteiger partial charge on any atom is 0.524 e. The first-order valence-electron chi connectivity index (χ1n) is 17.7. The Bertz CT molecular complexity index is 1480. The fourth-order valence-electron chi connectivity index (χ4n) is 8.21. The van der Waals surface area contributed by atoms with E-state index in [9.17, 15) is 24.6 Å². The average Bonchev–Trinajstić information content (AvgIpc) is 3.03. The Morgan fingerprint density at radius 3 is 2.25 bits per heavy atom. The lowest BCUT2D eigenvalue weighted by Crippen LogP contribution is -2.68. The number of quaternary nitrogens is 1. The van der Waals surface area contributed by atoms with Crippen molar-refractivity contribution in [3.63, 3.8) is 0 Å². The number of β-amino-alcohol motifs (C(OH)–C–C–N with tert-alkyl or cyclic N) is 1. The largest absolute Gasteiger partial charge is 0.524 e. The van der Waals surface area contributed by atoms with Crippen LogP contribution in [-0.2, 0) is 21.4 Å². The van der Waals surface area contributed by atoms with E-state index in [4.69, 9.17) is 9.26 Å². The highest BCUT2D eigenvalue weighted by atomic mass is 31.2. The van der Waals surface area contributed by atoms with Gasteiger partial charge in [-0.1, -0.05) is 80.3 Å². The van der Waals surface area contributed by atoms with Crippen molar-refractivity contribution in [3.05, 3.63) is 65.2 Å². The summed E-state index contributed by atoms with van der Waals surface area (Å²) in [6.45, 7) is 9.15. The zero-order valence-electron chi connectivity index (χ0n) is 29.2. The predicted octanol–water partition coefficient (Wildman–Crippen LogP) is 5.96. The van der Waals surface area contributed by atoms with E-state index in [2.05, 4.69) is 17.2 Å². The first-order valence-corrected chi connectivity index (χ1v) is 19.2. The Morgan fingerprint density at radius 1 is 1.00 bits per heavy atom. The van der Waals surface area contributed by atoms with Gasteiger partial charge in [-0.05, 0) is 56.9 Å². The van der Waals surface area contributed by atoms with Crippen LogP contribution in [0, 0.1) is 23.7 Å². The summed E-state index contributed by atoms with van der Waals surface area (Å²) in [6.07, 6.45) is 8.57. The van der Waals surface area contributed by atoms with Crippen LogP contribution < -0.4 is 9.84 Å². The van der Waals surface area contributed by atoms with Gasteiger partial charge in [-0.3, -0.25) is 9.79 Å². The molecule has 3 unspecified atom stereocenters. The Balaban J connectivity index is 1.48. The molecule has 1 aliphatic carbocycles. The summed E-state index contributed by atoms with van der Waals surface area (Å²) in [6, 6.07) is 14.9. The Morgan fingerprint density at radius 2 is 1.65 bits per heavy atom. The number of fused-ring (bicyclic) bond motifs is 3. The molecule has 4 fully saturated rings. The number of methoxy groups -OCH3 is 1. The molecule has 0 spiro atoms. The van der Waals surface area contributed by atoms with Crippen LogP contribution in [-0.4, -0.2) is 68.9 Å². The van der Waals surface area contributed by atoms with Gasteiger partial charge >= 0.3 is 7.82 Å². The molecular weight excluding hydrogens is 627 g/mol. The molecule has 2 bridgehead atoms. The number of aliphatic hydroxyl groups is 2. The van der Waals surface area contributed by atoms with Crippen molar-refractivity contribution >= 4 is 7.82 Å². The number of benzene rings is 2. The van der Waals surface area contributed by atoms with Gasteiger partial charge in [0, 0.05) is 49.4 Å². The zero-order valence-corrected chi connectivity index (χ0v) is 30.1. The van der Waals surface area contributed by atoms with Gasteiger partial charge in [0.05, 0.1) is 19.2 Å². The van der Waals surface area contributed by atoms with Crippen molar-refractivity contribution in [2.75, 3.05) is 33.3 Å². The summed E-state index contributed by atoms with van der Waals surface area (Å²) in [5, 5.41) is 26.9. The normalized spacial score (nSPS) is 27.2. The molecule has 4 aliphatic rings. The number of hydrogen-bond donors (Lipinski definition) is 5. The standard InChI is InChI=1S/C38H55N2O7P/c1-36(2,3)39-26-34(41)29-17-18-35(47-48(43,44)45)30(25-29)27-40-23-19-31(20-24-40)37(28-40,46-4)21-22-38(42,33-15-11-8-12-16-33)32-13-9-6-5-7-10-14-32/h8,11-12,15-18,25,31-32,34,39,41-42H,5-7,9-10,13-14,19-20,23-24,26-28H2,1-4H3,(H-,43,44,45)/p+1. The van der Waals surface area contributed by atoms with E-state index in [1.54, 1.807) is 19.2 Å². The molecule has 3 atom stereocenters. The van der Waals surface area contributed by atoms with Gasteiger partial charge in [-0.2, -0.15) is 0 Å². The van der Waals surface area contributed by atoms with Gasteiger partial charge in [0.15, 0.2) is 11.2 Å². The van der Waals surface area contributed by atoms with Crippen LogP contribution in [0.1, 0.15) is 101 Å². The molecule has 48 heavy (non-hydrogen) atoms. The summed E-state index contributed by atoms with van der Waals surface area (Å²) < 4.78 is 24.2. The lowest BCUT2D eigenvalue weighted by molar-refractivity contribution is -0.961. The highest BCUT2D eigenvalue weighted by Crippen LogP contribution is 2.46. The Kier molecular flexibility index (Phi) is 11.5. The fourth-order valence-corrected chi connectivity index (χ4v) is 8.65. The van der Waals surface area contributed by atoms with Crippen molar-refractivity contribution in [2.24, 2.45) is 11.8 Å². The maximum absolute atomic E-state index is 12.5. The number of hydrogen-bond acceptors (Lipinski definition) is 6. The third-order valence-corrected chi connectivity index (χ3v) is 11.3. The minimum atomic E-state index is -4.83. The van der Waals surface area contributed by atoms with Crippen LogP contribution in [0.3, 0.4) is 0 Å². The summed E-state index contributed by atoms with van der Waals surface area (Å²) in [4.78, 5) is 19.5. The summed E-state index contributed by atoms with van der Waals surface area (Å²) in [5.74, 6) is 7.37. The third kappa shape index (κ3) is 8.91. The van der Waals surface area contributed by atoms with E-state index < -0.39 is 25.1 Å². The smallest absolute Gasteiger partial charge is 0.404 e. The number of nitrogens with zero attached hydrogens (tertiary/aromatic N) is 1. The van der Waals surface area contributed by atoms with Crippen molar-refractivity contribution in [1.82, 2.24) is 5.32 Å². The minimum absolute atomic E-state index is 0.0279. The molecule has 0 aromatic heterocycles. The van der Waals surface area contributed by atoms with Crippen LogP contribution in [0.5, 0.6) is 5.75 Å². The topological polar surface area (TPSA) is 128 Å². The first-order chi connectivity index (χ1) is 22.7. The second kappa shape index (κ2) is 14.9. The van der Waals surface area contributed by atoms with Gasteiger partial charge in [0.2, 0.25) is 0 Å². The highest BCUT2D eigenvalue weighted by Gasteiger charge is 2.56. The molecule has 264 valence electrons. The van der Waals surface area contributed by atoms with Crippen LogP contribution in [0.4, 0.5) is 0 Å². The molecule has 0 amide bonds. The summed E-state index contributed by atoms with van der Waals surface area (Å²) >= 11 is 0. The number of aliphatic hydroxyl groups excluding tert-OH is 1. The highest BCUT2D eigenvalue weighted by molar-refractivity contribution is 7.46. The quantitative estimate of drug-likeness (QED) is 0.118. The lowest BCUT2D eigenvalue weighted by Gasteiger charge is -2.56. The second-order valence-corrected chi connectivity index (χ2v) is 16.7. The van der Waals surface area contributed by atoms with Crippen LogP contribution in [0.15, 0.2) is 48.5 Å². The van der Waals surface area contributed by atoms with E-state index in [1.165, 1.54) is 19.3 Å². The molecule has 3 aliphatic heterocycles. The van der Waals surface area contributed by atoms with E-state index >= 15 is 0 Å². The number of piperidine rings is 3. The summed E-state index contributed by atoms with van der Waals surface area (Å²) in [5.41, 5.74) is -0.170. The Labute approximate surface area is 286 Å². The number of nitrogens with one attached hydrogen (secondary N) is 1. The fraction of sp³-hybridized carbons (Fsp3) is 0.632. The molecule has 0 radical (unpaired) electrons. The van der Waals surface area contributed by atoms with Crippen LogP contribution in [0.2, 0.25) is 0 Å². The van der Waals surface area contributed by atoms with Crippen molar-refractivity contribution < 1.29 is 38.3 Å². The van der Waals surface area contributed by atoms with E-state index in [0.29, 0.717) is 35.2 Å². The van der Waals surface area contributed by atoms with E-state index in [0.717, 1.165) is 57.2 Å². The number of ether oxygens (including phenoxy) is 1.